The van der Waals surface area contributed by atoms with E-state index in [2.05, 4.69) is 5.32 Å². The van der Waals surface area contributed by atoms with Crippen LogP contribution in [0.5, 0.6) is 0 Å². The highest BCUT2D eigenvalue weighted by Gasteiger charge is 2.35. The Bertz CT molecular complexity index is 1480. The molecule has 1 atom stereocenters. The minimum atomic E-state index is -1.12. The molecule has 4 aromatic rings. The molecule has 1 heterocycles. The summed E-state index contributed by atoms with van der Waals surface area (Å²) in [5.41, 5.74) is 4.42. The first kappa shape index (κ1) is 23.7. The molecule has 0 radical (unpaired) electrons. The number of carbonyl (C=O) groups excluding carboxylic acids is 2. The smallest absolute Gasteiger partial charge is 0.323 e. The first-order chi connectivity index (χ1) is 18.0. The van der Waals surface area contributed by atoms with Crippen molar-refractivity contribution in [1.82, 2.24) is 0 Å². The molecule has 2 amide bonds. The zero-order chi connectivity index (χ0) is 25.8. The lowest BCUT2D eigenvalue weighted by Crippen LogP contribution is -2.35. The summed E-state index contributed by atoms with van der Waals surface area (Å²) in [6.07, 6.45) is 0. The van der Waals surface area contributed by atoms with Crippen molar-refractivity contribution >= 4 is 40.6 Å². The molecule has 1 unspecified atom stereocenters. The molecule has 0 bridgehead atoms. The Morgan fingerprint density at radius 2 is 1.38 bits per heavy atom. The Balaban J connectivity index is 1.52. The van der Waals surface area contributed by atoms with E-state index in [1.807, 2.05) is 54.6 Å². The van der Waals surface area contributed by atoms with Crippen molar-refractivity contribution in [3.05, 3.63) is 126 Å². The van der Waals surface area contributed by atoms with Crippen molar-refractivity contribution in [2.24, 2.45) is 4.99 Å². The molecule has 0 aromatic heterocycles. The molecule has 5 rings (SSSR count). The van der Waals surface area contributed by atoms with Gasteiger partial charge in [0.15, 0.2) is 0 Å². The van der Waals surface area contributed by atoms with Crippen molar-refractivity contribution < 1.29 is 19.5 Å². The molecule has 7 heteroatoms. The first-order valence-corrected chi connectivity index (χ1v) is 11.7. The minimum absolute atomic E-state index is 0.151. The van der Waals surface area contributed by atoms with E-state index in [0.717, 1.165) is 16.8 Å². The molecule has 1 aliphatic heterocycles. The largest absolute Gasteiger partial charge is 0.480 e. The molecule has 37 heavy (non-hydrogen) atoms. The number of nitrogens with zero attached hydrogens (tertiary/aromatic N) is 2. The highest BCUT2D eigenvalue weighted by Crippen LogP contribution is 2.36. The first-order valence-electron chi connectivity index (χ1n) is 11.7. The lowest BCUT2D eigenvalue weighted by molar-refractivity contribution is -0.135. The predicted molar refractivity (Wildman–Crippen MR) is 143 cm³/mol. The molecule has 2 N–H and O–H groups in total. The molecule has 182 valence electrons. The second kappa shape index (κ2) is 10.3. The van der Waals surface area contributed by atoms with Crippen LogP contribution in [-0.4, -0.2) is 35.1 Å². The number of aliphatic carboxylic acids is 1. The standard InChI is InChI=1S/C30H23N3O4/c34-26(35)19-33(30(37)21-11-5-2-6-12-21)23-17-15-22(16-18-23)31-28(20-9-3-1-4-10-20)27-24-13-7-8-14-25(24)32-29(27)36/h1-18,27H,19H2,(H,32,36)(H,34,35). The van der Waals surface area contributed by atoms with Crippen LogP contribution in [0.3, 0.4) is 0 Å². The van der Waals surface area contributed by atoms with Crippen LogP contribution in [-0.2, 0) is 9.59 Å². The molecule has 7 nitrogen and oxygen atoms in total. The Morgan fingerprint density at radius 1 is 0.784 bits per heavy atom. The fourth-order valence-electron chi connectivity index (χ4n) is 4.38. The number of nitrogens with one attached hydrogen (secondary N) is 1. The van der Waals surface area contributed by atoms with Crippen LogP contribution in [0.15, 0.2) is 114 Å². The third-order valence-electron chi connectivity index (χ3n) is 6.11. The summed E-state index contributed by atoms with van der Waals surface area (Å²) in [7, 11) is 0. The van der Waals surface area contributed by atoms with E-state index in [1.165, 1.54) is 4.90 Å². The van der Waals surface area contributed by atoms with Gasteiger partial charge in [0.05, 0.1) is 11.4 Å². The summed E-state index contributed by atoms with van der Waals surface area (Å²) in [6, 6.07) is 32.3. The minimum Gasteiger partial charge on any atom is -0.480 e. The van der Waals surface area contributed by atoms with Crippen LogP contribution in [0.1, 0.15) is 27.4 Å². The highest BCUT2D eigenvalue weighted by atomic mass is 16.4. The van der Waals surface area contributed by atoms with Crippen LogP contribution >= 0.6 is 0 Å². The number of rotatable bonds is 7. The third kappa shape index (κ3) is 5.01. The molecule has 0 fully saturated rings. The van der Waals surface area contributed by atoms with Gasteiger partial charge in [0, 0.05) is 16.9 Å². The number of benzene rings is 4. The fourth-order valence-corrected chi connectivity index (χ4v) is 4.38. The van der Waals surface area contributed by atoms with E-state index in [-0.39, 0.29) is 5.91 Å². The maximum atomic E-state index is 13.0. The van der Waals surface area contributed by atoms with Gasteiger partial charge in [-0.3, -0.25) is 24.3 Å². The van der Waals surface area contributed by atoms with E-state index in [0.29, 0.717) is 22.6 Å². The average molecular weight is 490 g/mol. The molecule has 0 saturated heterocycles. The lowest BCUT2D eigenvalue weighted by Gasteiger charge is -2.21. The van der Waals surface area contributed by atoms with Gasteiger partial charge in [-0.1, -0.05) is 66.7 Å². The molecule has 0 saturated carbocycles. The number of hydrogen-bond donors (Lipinski definition) is 2. The molecule has 0 aliphatic carbocycles. The monoisotopic (exact) mass is 489 g/mol. The quantitative estimate of drug-likeness (QED) is 0.345. The second-order valence-electron chi connectivity index (χ2n) is 8.54. The van der Waals surface area contributed by atoms with E-state index < -0.39 is 24.3 Å². The van der Waals surface area contributed by atoms with Gasteiger partial charge in [-0.05, 0) is 53.6 Å². The normalized spacial score (nSPS) is 14.5. The summed E-state index contributed by atoms with van der Waals surface area (Å²) in [6.45, 7) is -0.482. The van der Waals surface area contributed by atoms with Crippen LogP contribution in [0, 0.1) is 0 Å². The average Bonchev–Trinajstić information content (AvgIpc) is 3.26. The Hall–Kier alpha value is -5.04. The van der Waals surface area contributed by atoms with Gasteiger partial charge < -0.3 is 10.4 Å². The summed E-state index contributed by atoms with van der Waals surface area (Å²) in [5, 5.41) is 12.3. The molecular weight excluding hydrogens is 466 g/mol. The van der Waals surface area contributed by atoms with Gasteiger partial charge in [-0.2, -0.15) is 0 Å². The number of carboxylic acid groups (broad SMARTS) is 1. The second-order valence-corrected chi connectivity index (χ2v) is 8.54. The van der Waals surface area contributed by atoms with E-state index >= 15 is 0 Å². The Morgan fingerprint density at radius 3 is 2.03 bits per heavy atom. The molecular formula is C30H23N3O4. The van der Waals surface area contributed by atoms with Crippen molar-refractivity contribution in [3.63, 3.8) is 0 Å². The number of carboxylic acids is 1. The number of hydrogen-bond acceptors (Lipinski definition) is 4. The fraction of sp³-hybridized carbons (Fsp3) is 0.0667. The molecule has 0 spiro atoms. The van der Waals surface area contributed by atoms with Crippen molar-refractivity contribution in [2.75, 3.05) is 16.8 Å². The number of para-hydroxylation sites is 1. The SMILES string of the molecule is O=C(O)CN(C(=O)c1ccccc1)c1ccc(N=C(c2ccccc2)C2C(=O)Nc3ccccc32)cc1. The Labute approximate surface area is 213 Å². The lowest BCUT2D eigenvalue weighted by atomic mass is 9.90. The number of amides is 2. The topological polar surface area (TPSA) is 99.1 Å². The van der Waals surface area contributed by atoms with Crippen molar-refractivity contribution in [1.29, 1.82) is 0 Å². The summed E-state index contributed by atoms with van der Waals surface area (Å²) in [5.74, 6) is -2.27. The molecule has 4 aromatic carbocycles. The van der Waals surface area contributed by atoms with Crippen LogP contribution in [0.25, 0.3) is 0 Å². The van der Waals surface area contributed by atoms with Gasteiger partial charge in [0.2, 0.25) is 5.91 Å². The summed E-state index contributed by atoms with van der Waals surface area (Å²) in [4.78, 5) is 43.6. The zero-order valence-electron chi connectivity index (χ0n) is 19.7. The predicted octanol–water partition coefficient (Wildman–Crippen LogP) is 5.27. The summed E-state index contributed by atoms with van der Waals surface area (Å²) >= 11 is 0. The number of anilines is 2. The zero-order valence-corrected chi connectivity index (χ0v) is 19.7. The van der Waals surface area contributed by atoms with Gasteiger partial charge in [0.25, 0.3) is 5.91 Å². The molecule has 1 aliphatic rings. The third-order valence-corrected chi connectivity index (χ3v) is 6.11. The maximum Gasteiger partial charge on any atom is 0.323 e. The summed E-state index contributed by atoms with van der Waals surface area (Å²) < 4.78 is 0. The highest BCUT2D eigenvalue weighted by molar-refractivity contribution is 6.24. The van der Waals surface area contributed by atoms with Gasteiger partial charge in [0.1, 0.15) is 12.5 Å². The van der Waals surface area contributed by atoms with Gasteiger partial charge in [-0.25, -0.2) is 0 Å². The van der Waals surface area contributed by atoms with Crippen LogP contribution < -0.4 is 10.2 Å². The van der Waals surface area contributed by atoms with Crippen LogP contribution in [0.4, 0.5) is 17.1 Å². The van der Waals surface area contributed by atoms with Crippen molar-refractivity contribution in [3.8, 4) is 0 Å². The van der Waals surface area contributed by atoms with Crippen LogP contribution in [0.2, 0.25) is 0 Å². The number of fused-ring (bicyclic) bond motifs is 1. The number of aliphatic imine (C=N–C) groups is 1. The number of carbonyl (C=O) groups is 3. The van der Waals surface area contributed by atoms with Gasteiger partial charge >= 0.3 is 5.97 Å². The van der Waals surface area contributed by atoms with Crippen molar-refractivity contribution in [2.45, 2.75) is 5.92 Å². The van der Waals surface area contributed by atoms with E-state index in [4.69, 9.17) is 4.99 Å². The van der Waals surface area contributed by atoms with Gasteiger partial charge in [-0.15, -0.1) is 0 Å². The van der Waals surface area contributed by atoms with E-state index in [9.17, 15) is 19.5 Å². The maximum absolute atomic E-state index is 13.0. The van der Waals surface area contributed by atoms with E-state index in [1.54, 1.807) is 54.6 Å². The Kier molecular flexibility index (Phi) is 6.59.